The lowest BCUT2D eigenvalue weighted by Crippen LogP contribution is -1.96. The first-order chi connectivity index (χ1) is 7.91. The third-order valence-corrected chi connectivity index (χ3v) is 2.24. The molecular weight excluding hydrogens is 200 g/mol. The highest BCUT2D eigenvalue weighted by molar-refractivity contribution is 5.02. The predicted molar refractivity (Wildman–Crippen MR) is 69.5 cm³/mol. The highest BCUT2D eigenvalue weighted by Gasteiger charge is 1.83. The van der Waals surface area contributed by atoms with E-state index >= 15 is 0 Å². The molecule has 16 heavy (non-hydrogen) atoms. The first-order valence-corrected chi connectivity index (χ1v) is 6.30. The van der Waals surface area contributed by atoms with Crippen LogP contribution in [-0.4, -0.2) is 20.5 Å². The van der Waals surface area contributed by atoms with Gasteiger partial charge in [-0.25, -0.2) is 0 Å². The summed E-state index contributed by atoms with van der Waals surface area (Å²) < 4.78 is 9.93. The van der Waals surface area contributed by atoms with Crippen LogP contribution in [0, 0.1) is 0 Å². The van der Waals surface area contributed by atoms with Gasteiger partial charge in [-0.1, -0.05) is 50.5 Å². The lowest BCUT2D eigenvalue weighted by atomic mass is 10.1. The largest absolute Gasteiger partial charge is 0.359 e. The van der Waals surface area contributed by atoms with E-state index in [2.05, 4.69) is 31.2 Å². The zero-order valence-corrected chi connectivity index (χ0v) is 10.8. The van der Waals surface area contributed by atoms with E-state index in [1.807, 2.05) is 0 Å². The van der Waals surface area contributed by atoms with Gasteiger partial charge in [-0.15, -0.1) is 0 Å². The fourth-order valence-electron chi connectivity index (χ4n) is 1.33. The van der Waals surface area contributed by atoms with Gasteiger partial charge < -0.3 is 9.47 Å². The zero-order chi connectivity index (χ0) is 11.9. The SMILES string of the molecule is CCCCCC/C=C\C=C\CCOCOC. The molecule has 0 amide bonds. The summed E-state index contributed by atoms with van der Waals surface area (Å²) in [5, 5.41) is 0. The highest BCUT2D eigenvalue weighted by atomic mass is 16.7. The van der Waals surface area contributed by atoms with Crippen LogP contribution >= 0.6 is 0 Å². The number of hydrogen-bond donors (Lipinski definition) is 0. The minimum Gasteiger partial charge on any atom is -0.359 e. The van der Waals surface area contributed by atoms with Crippen molar-refractivity contribution in [3.63, 3.8) is 0 Å². The Morgan fingerprint density at radius 1 is 0.938 bits per heavy atom. The van der Waals surface area contributed by atoms with Gasteiger partial charge in [-0.3, -0.25) is 0 Å². The van der Waals surface area contributed by atoms with E-state index in [0.717, 1.165) is 13.0 Å². The fraction of sp³-hybridized carbons (Fsp3) is 0.714. The fourth-order valence-corrected chi connectivity index (χ4v) is 1.33. The lowest BCUT2D eigenvalue weighted by molar-refractivity contribution is -0.0285. The van der Waals surface area contributed by atoms with E-state index in [0.29, 0.717) is 6.79 Å². The maximum atomic E-state index is 5.16. The van der Waals surface area contributed by atoms with Crippen molar-refractivity contribution < 1.29 is 9.47 Å². The summed E-state index contributed by atoms with van der Waals surface area (Å²) in [6.45, 7) is 3.36. The third-order valence-electron chi connectivity index (χ3n) is 2.24. The molecule has 0 unspecified atom stereocenters. The zero-order valence-electron chi connectivity index (χ0n) is 10.8. The summed E-state index contributed by atoms with van der Waals surface area (Å²) in [5.74, 6) is 0. The summed E-state index contributed by atoms with van der Waals surface area (Å²) in [4.78, 5) is 0. The van der Waals surface area contributed by atoms with E-state index in [1.54, 1.807) is 7.11 Å². The normalized spacial score (nSPS) is 11.9. The molecule has 0 saturated carbocycles. The number of allylic oxidation sites excluding steroid dienone is 3. The molecule has 0 aliphatic carbocycles. The molecule has 0 aromatic heterocycles. The number of ether oxygens (including phenoxy) is 2. The van der Waals surface area contributed by atoms with E-state index in [4.69, 9.17) is 9.47 Å². The maximum Gasteiger partial charge on any atom is 0.146 e. The molecule has 0 saturated heterocycles. The minimum atomic E-state index is 0.390. The van der Waals surface area contributed by atoms with E-state index in [-0.39, 0.29) is 0 Å². The Bertz CT molecular complexity index is 154. The quantitative estimate of drug-likeness (QED) is 0.300. The van der Waals surface area contributed by atoms with Crippen LogP contribution in [0.4, 0.5) is 0 Å². The number of unbranched alkanes of at least 4 members (excludes halogenated alkanes) is 4. The van der Waals surface area contributed by atoms with Crippen LogP contribution < -0.4 is 0 Å². The third kappa shape index (κ3) is 13.4. The molecule has 2 heteroatoms. The first kappa shape index (κ1) is 15.4. The standard InChI is InChI=1S/C14H26O2/c1-3-4-5-6-7-8-9-10-11-12-13-16-14-15-2/h8-11H,3-7,12-14H2,1-2H3/b9-8-,11-10+. The number of rotatable bonds is 11. The van der Waals surface area contributed by atoms with Gasteiger partial charge in [-0.05, 0) is 19.3 Å². The van der Waals surface area contributed by atoms with Crippen molar-refractivity contribution >= 4 is 0 Å². The molecule has 0 heterocycles. The Balaban J connectivity index is 3.15. The molecule has 0 bridgehead atoms. The van der Waals surface area contributed by atoms with Crippen molar-refractivity contribution in [2.24, 2.45) is 0 Å². The average molecular weight is 226 g/mol. The molecule has 0 aliphatic heterocycles. The summed E-state index contributed by atoms with van der Waals surface area (Å²) in [6, 6.07) is 0. The highest BCUT2D eigenvalue weighted by Crippen LogP contribution is 2.02. The van der Waals surface area contributed by atoms with Crippen molar-refractivity contribution in [1.82, 2.24) is 0 Å². The van der Waals surface area contributed by atoms with Gasteiger partial charge in [0.1, 0.15) is 6.79 Å². The Kier molecular flexibility index (Phi) is 13.9. The average Bonchev–Trinajstić information content (AvgIpc) is 2.31. The molecule has 0 aromatic carbocycles. The van der Waals surface area contributed by atoms with E-state index in [9.17, 15) is 0 Å². The van der Waals surface area contributed by atoms with Crippen molar-refractivity contribution in [2.45, 2.75) is 45.4 Å². The van der Waals surface area contributed by atoms with E-state index < -0.39 is 0 Å². The summed E-state index contributed by atoms with van der Waals surface area (Å²) in [6.07, 6.45) is 16.1. The minimum absolute atomic E-state index is 0.390. The smallest absolute Gasteiger partial charge is 0.146 e. The predicted octanol–water partition coefficient (Wildman–Crippen LogP) is 4.08. The van der Waals surface area contributed by atoms with Gasteiger partial charge in [0.15, 0.2) is 0 Å². The first-order valence-electron chi connectivity index (χ1n) is 6.30. The Morgan fingerprint density at radius 2 is 1.69 bits per heavy atom. The number of hydrogen-bond acceptors (Lipinski definition) is 2. The molecule has 0 aliphatic rings. The van der Waals surface area contributed by atoms with Crippen LogP contribution in [0.25, 0.3) is 0 Å². The lowest BCUT2D eigenvalue weighted by Gasteiger charge is -1.97. The van der Waals surface area contributed by atoms with Crippen LogP contribution in [0.5, 0.6) is 0 Å². The van der Waals surface area contributed by atoms with Crippen LogP contribution in [0.2, 0.25) is 0 Å². The molecule has 2 nitrogen and oxygen atoms in total. The molecule has 0 radical (unpaired) electrons. The van der Waals surface area contributed by atoms with Crippen LogP contribution in [0.3, 0.4) is 0 Å². The topological polar surface area (TPSA) is 18.5 Å². The van der Waals surface area contributed by atoms with Crippen LogP contribution in [0.1, 0.15) is 45.4 Å². The van der Waals surface area contributed by atoms with Crippen molar-refractivity contribution in [1.29, 1.82) is 0 Å². The second kappa shape index (κ2) is 14.4. The van der Waals surface area contributed by atoms with Crippen LogP contribution in [0.15, 0.2) is 24.3 Å². The number of methoxy groups -OCH3 is 1. The Morgan fingerprint density at radius 3 is 2.38 bits per heavy atom. The van der Waals surface area contributed by atoms with Gasteiger partial charge in [-0.2, -0.15) is 0 Å². The Hall–Kier alpha value is -0.600. The molecule has 0 aromatic rings. The van der Waals surface area contributed by atoms with Crippen LogP contribution in [-0.2, 0) is 9.47 Å². The maximum absolute atomic E-state index is 5.16. The second-order valence-electron chi connectivity index (χ2n) is 3.81. The van der Waals surface area contributed by atoms with E-state index in [1.165, 1.54) is 32.1 Å². The molecule has 0 fully saturated rings. The molecule has 0 N–H and O–H groups in total. The summed E-state index contributed by atoms with van der Waals surface area (Å²) in [5.41, 5.74) is 0. The molecule has 0 atom stereocenters. The second-order valence-corrected chi connectivity index (χ2v) is 3.81. The monoisotopic (exact) mass is 226 g/mol. The van der Waals surface area contributed by atoms with Gasteiger partial charge in [0.2, 0.25) is 0 Å². The molecule has 0 rings (SSSR count). The van der Waals surface area contributed by atoms with Crippen molar-refractivity contribution in [3.8, 4) is 0 Å². The van der Waals surface area contributed by atoms with Crippen molar-refractivity contribution in [2.75, 3.05) is 20.5 Å². The summed E-state index contributed by atoms with van der Waals surface area (Å²) in [7, 11) is 1.64. The van der Waals surface area contributed by atoms with Crippen molar-refractivity contribution in [3.05, 3.63) is 24.3 Å². The Labute approximate surface area is 100 Å². The summed E-state index contributed by atoms with van der Waals surface area (Å²) >= 11 is 0. The van der Waals surface area contributed by atoms with Gasteiger partial charge >= 0.3 is 0 Å². The molecular formula is C14H26O2. The van der Waals surface area contributed by atoms with Gasteiger partial charge in [0.25, 0.3) is 0 Å². The molecule has 94 valence electrons. The van der Waals surface area contributed by atoms with Gasteiger partial charge in [0.05, 0.1) is 6.61 Å². The molecule has 0 spiro atoms. The van der Waals surface area contributed by atoms with Gasteiger partial charge in [0, 0.05) is 7.11 Å².